The summed E-state index contributed by atoms with van der Waals surface area (Å²) in [6.07, 6.45) is 7.59. The number of benzene rings is 1. The van der Waals surface area contributed by atoms with Gasteiger partial charge in [0.2, 0.25) is 5.91 Å². The summed E-state index contributed by atoms with van der Waals surface area (Å²) in [5.41, 5.74) is 0.687. The van der Waals surface area contributed by atoms with E-state index in [9.17, 15) is 9.59 Å². The van der Waals surface area contributed by atoms with Crippen molar-refractivity contribution in [3.63, 3.8) is 0 Å². The van der Waals surface area contributed by atoms with E-state index in [-0.39, 0.29) is 17.4 Å². The van der Waals surface area contributed by atoms with E-state index in [0.717, 1.165) is 12.8 Å². The summed E-state index contributed by atoms with van der Waals surface area (Å²) in [5.74, 6) is -0.138. The average molecular weight is 345 g/mol. The summed E-state index contributed by atoms with van der Waals surface area (Å²) in [7, 11) is 4.22. The molecule has 25 heavy (non-hydrogen) atoms. The first-order valence-electron chi connectivity index (χ1n) is 9.31. The van der Waals surface area contributed by atoms with Gasteiger partial charge in [0.25, 0.3) is 5.91 Å². The number of amides is 2. The topological polar surface area (TPSA) is 61.4 Å². The van der Waals surface area contributed by atoms with Crippen molar-refractivity contribution in [2.24, 2.45) is 0 Å². The second-order valence-corrected chi connectivity index (χ2v) is 7.18. The lowest BCUT2D eigenvalue weighted by molar-refractivity contribution is -0.121. The number of carbonyl (C=O) groups excluding carboxylic acids is 2. The largest absolute Gasteiger partial charge is 0.354 e. The van der Waals surface area contributed by atoms with Crippen molar-refractivity contribution in [3.8, 4) is 0 Å². The summed E-state index contributed by atoms with van der Waals surface area (Å²) < 4.78 is 0. The lowest BCUT2D eigenvalue weighted by Gasteiger charge is -2.39. The number of nitrogens with one attached hydrogen (secondary N) is 2. The van der Waals surface area contributed by atoms with Gasteiger partial charge in [0.05, 0.1) is 0 Å². The molecule has 1 fully saturated rings. The SMILES string of the molecule is CN(C)C1(CNC(=O)CCNC(=O)c2ccccc2)CCCCCC1. The maximum Gasteiger partial charge on any atom is 0.251 e. The van der Waals surface area contributed by atoms with Crippen molar-refractivity contribution in [1.82, 2.24) is 15.5 Å². The molecule has 0 atom stereocenters. The molecule has 0 spiro atoms. The Bertz CT molecular complexity index is 549. The summed E-state index contributed by atoms with van der Waals surface area (Å²) >= 11 is 0. The van der Waals surface area contributed by atoms with Crippen LogP contribution < -0.4 is 10.6 Å². The fraction of sp³-hybridized carbons (Fsp3) is 0.600. The molecule has 5 nitrogen and oxygen atoms in total. The third-order valence-corrected chi connectivity index (χ3v) is 5.27. The predicted molar refractivity (Wildman–Crippen MR) is 101 cm³/mol. The van der Waals surface area contributed by atoms with E-state index in [1.165, 1.54) is 25.7 Å². The quantitative estimate of drug-likeness (QED) is 0.747. The number of rotatable bonds is 7. The molecule has 5 heteroatoms. The molecular formula is C20H31N3O2. The lowest BCUT2D eigenvalue weighted by atomic mass is 9.88. The van der Waals surface area contributed by atoms with Crippen LogP contribution in [0.15, 0.2) is 30.3 Å². The highest BCUT2D eigenvalue weighted by molar-refractivity contribution is 5.94. The van der Waals surface area contributed by atoms with Crippen molar-refractivity contribution in [2.45, 2.75) is 50.5 Å². The first-order chi connectivity index (χ1) is 12.0. The van der Waals surface area contributed by atoms with Crippen LogP contribution in [0.5, 0.6) is 0 Å². The molecule has 0 aromatic heterocycles. The van der Waals surface area contributed by atoms with Gasteiger partial charge < -0.3 is 15.5 Å². The van der Waals surface area contributed by atoms with Crippen molar-refractivity contribution < 1.29 is 9.59 Å². The van der Waals surface area contributed by atoms with Crippen molar-refractivity contribution >= 4 is 11.8 Å². The number of hydrogen-bond acceptors (Lipinski definition) is 3. The maximum absolute atomic E-state index is 12.2. The second-order valence-electron chi connectivity index (χ2n) is 7.18. The van der Waals surface area contributed by atoms with Crippen LogP contribution in [-0.4, -0.2) is 49.4 Å². The fourth-order valence-electron chi connectivity index (χ4n) is 3.50. The Morgan fingerprint density at radius 1 is 1.00 bits per heavy atom. The highest BCUT2D eigenvalue weighted by Crippen LogP contribution is 2.30. The normalized spacial score (nSPS) is 16.9. The van der Waals surface area contributed by atoms with E-state index >= 15 is 0 Å². The number of nitrogens with zero attached hydrogens (tertiary/aromatic N) is 1. The zero-order valence-electron chi connectivity index (χ0n) is 15.5. The first kappa shape index (κ1) is 19.4. The highest BCUT2D eigenvalue weighted by atomic mass is 16.2. The van der Waals surface area contributed by atoms with Gasteiger partial charge in [-0.1, -0.05) is 43.9 Å². The summed E-state index contributed by atoms with van der Waals surface area (Å²) in [4.78, 5) is 26.4. The van der Waals surface area contributed by atoms with E-state index in [1.54, 1.807) is 12.1 Å². The molecule has 2 amide bonds. The smallest absolute Gasteiger partial charge is 0.251 e. The van der Waals surface area contributed by atoms with Crippen LogP contribution in [-0.2, 0) is 4.79 Å². The predicted octanol–water partition coefficient (Wildman–Crippen LogP) is 2.58. The number of carbonyl (C=O) groups is 2. The van der Waals surface area contributed by atoms with E-state index in [0.29, 0.717) is 25.1 Å². The third-order valence-electron chi connectivity index (χ3n) is 5.27. The van der Waals surface area contributed by atoms with E-state index < -0.39 is 0 Å². The van der Waals surface area contributed by atoms with Gasteiger partial charge in [-0.2, -0.15) is 0 Å². The molecule has 2 rings (SSSR count). The minimum absolute atomic E-state index is 0.00108. The number of hydrogen-bond donors (Lipinski definition) is 2. The van der Waals surface area contributed by atoms with E-state index in [4.69, 9.17) is 0 Å². The number of likely N-dealkylation sites (N-methyl/N-ethyl adjacent to an activating group) is 1. The van der Waals surface area contributed by atoms with Crippen LogP contribution in [0.4, 0.5) is 0 Å². The van der Waals surface area contributed by atoms with Gasteiger partial charge in [-0.05, 0) is 39.1 Å². The molecule has 0 heterocycles. The molecule has 0 bridgehead atoms. The monoisotopic (exact) mass is 345 g/mol. The van der Waals surface area contributed by atoms with Crippen molar-refractivity contribution in [2.75, 3.05) is 27.2 Å². The van der Waals surface area contributed by atoms with Gasteiger partial charge in [0.15, 0.2) is 0 Å². The molecule has 1 saturated carbocycles. The Labute approximate surface area is 151 Å². The van der Waals surface area contributed by atoms with Gasteiger partial charge in [-0.3, -0.25) is 9.59 Å². The van der Waals surface area contributed by atoms with Crippen molar-refractivity contribution in [1.29, 1.82) is 0 Å². The van der Waals surface area contributed by atoms with Gasteiger partial charge in [0, 0.05) is 30.6 Å². The molecule has 0 unspecified atom stereocenters. The molecule has 0 saturated heterocycles. The molecule has 1 aromatic rings. The standard InChI is InChI=1S/C20H31N3O2/c1-23(2)20(13-8-3-4-9-14-20)16-22-18(24)12-15-21-19(25)17-10-6-5-7-11-17/h5-7,10-11H,3-4,8-9,12-16H2,1-2H3,(H,21,25)(H,22,24). The molecule has 0 aliphatic heterocycles. The Kier molecular flexibility index (Phi) is 7.44. The molecule has 1 aliphatic carbocycles. The van der Waals surface area contributed by atoms with Gasteiger partial charge in [-0.15, -0.1) is 0 Å². The summed E-state index contributed by atoms with van der Waals surface area (Å²) in [5, 5.41) is 5.88. The maximum atomic E-state index is 12.2. The molecule has 138 valence electrons. The lowest BCUT2D eigenvalue weighted by Crippen LogP contribution is -2.52. The Balaban J connectivity index is 1.75. The van der Waals surface area contributed by atoms with Gasteiger partial charge in [0.1, 0.15) is 0 Å². The van der Waals surface area contributed by atoms with Crippen LogP contribution in [0.3, 0.4) is 0 Å². The molecular weight excluding hydrogens is 314 g/mol. The molecule has 1 aromatic carbocycles. The van der Waals surface area contributed by atoms with Crippen LogP contribution in [0, 0.1) is 0 Å². The molecule has 2 N–H and O–H groups in total. The Morgan fingerprint density at radius 2 is 1.64 bits per heavy atom. The van der Waals surface area contributed by atoms with Crippen LogP contribution >= 0.6 is 0 Å². The summed E-state index contributed by atoms with van der Waals surface area (Å²) in [6.45, 7) is 1.04. The highest BCUT2D eigenvalue weighted by Gasteiger charge is 2.33. The Hall–Kier alpha value is -1.88. The van der Waals surface area contributed by atoms with E-state index in [1.807, 2.05) is 18.2 Å². The molecule has 1 aliphatic rings. The third kappa shape index (κ3) is 5.85. The second kappa shape index (κ2) is 9.56. The van der Waals surface area contributed by atoms with Crippen LogP contribution in [0.2, 0.25) is 0 Å². The zero-order valence-corrected chi connectivity index (χ0v) is 15.5. The zero-order chi connectivity index (χ0) is 18.1. The fourth-order valence-corrected chi connectivity index (χ4v) is 3.50. The molecule has 0 radical (unpaired) electrons. The van der Waals surface area contributed by atoms with Gasteiger partial charge in [-0.25, -0.2) is 0 Å². The first-order valence-corrected chi connectivity index (χ1v) is 9.31. The van der Waals surface area contributed by atoms with Crippen LogP contribution in [0.25, 0.3) is 0 Å². The minimum atomic E-state index is -0.137. The summed E-state index contributed by atoms with van der Waals surface area (Å²) in [6, 6.07) is 9.06. The Morgan fingerprint density at radius 3 is 2.24 bits per heavy atom. The van der Waals surface area contributed by atoms with Crippen molar-refractivity contribution in [3.05, 3.63) is 35.9 Å². The van der Waals surface area contributed by atoms with Gasteiger partial charge >= 0.3 is 0 Å². The average Bonchev–Trinajstić information content (AvgIpc) is 2.87. The van der Waals surface area contributed by atoms with Crippen LogP contribution in [0.1, 0.15) is 55.3 Å². The van der Waals surface area contributed by atoms with E-state index in [2.05, 4.69) is 29.6 Å². The minimum Gasteiger partial charge on any atom is -0.354 e.